The molecule has 0 aliphatic carbocycles. The Hall–Kier alpha value is -2.41. The first-order valence-corrected chi connectivity index (χ1v) is 9.18. The number of piperazine rings is 1. The van der Waals surface area contributed by atoms with Crippen molar-refractivity contribution in [2.75, 3.05) is 45.8 Å². The summed E-state index contributed by atoms with van der Waals surface area (Å²) in [5.74, 6) is -0.473. The van der Waals surface area contributed by atoms with Crippen LogP contribution in [0.3, 0.4) is 0 Å². The average molecular weight is 358 g/mol. The highest BCUT2D eigenvalue weighted by atomic mass is 16.2. The smallest absolute Gasteiger partial charge is 0.253 e. The van der Waals surface area contributed by atoms with Crippen LogP contribution < -0.4 is 5.73 Å². The van der Waals surface area contributed by atoms with Crippen LogP contribution in [-0.4, -0.2) is 78.2 Å². The minimum absolute atomic E-state index is 0.0388. The second-order valence-corrected chi connectivity index (χ2v) is 7.02. The first-order chi connectivity index (χ1) is 12.5. The number of carbonyl (C=O) groups is 3. The summed E-state index contributed by atoms with van der Waals surface area (Å²) in [4.78, 5) is 42.0. The summed E-state index contributed by atoms with van der Waals surface area (Å²) in [6, 6.07) is 9.26. The zero-order valence-electron chi connectivity index (χ0n) is 15.0. The summed E-state index contributed by atoms with van der Waals surface area (Å²) in [7, 11) is 0. The van der Waals surface area contributed by atoms with Crippen molar-refractivity contribution in [3.05, 3.63) is 35.9 Å². The molecule has 1 aromatic rings. The van der Waals surface area contributed by atoms with Gasteiger partial charge in [0, 0.05) is 44.8 Å². The Kier molecular flexibility index (Phi) is 5.88. The highest BCUT2D eigenvalue weighted by Gasteiger charge is 2.29. The van der Waals surface area contributed by atoms with Crippen molar-refractivity contribution in [3.63, 3.8) is 0 Å². The fraction of sp³-hybridized carbons (Fsp3) is 0.526. The number of piperidine rings is 1. The summed E-state index contributed by atoms with van der Waals surface area (Å²) in [5.41, 5.74) is 6.08. The van der Waals surface area contributed by atoms with Gasteiger partial charge in [0.1, 0.15) is 0 Å². The van der Waals surface area contributed by atoms with Crippen molar-refractivity contribution in [1.29, 1.82) is 0 Å². The second-order valence-electron chi connectivity index (χ2n) is 7.02. The fourth-order valence-electron chi connectivity index (χ4n) is 3.60. The molecule has 2 saturated heterocycles. The molecule has 3 rings (SSSR count). The number of nitrogens with zero attached hydrogens (tertiary/aromatic N) is 3. The lowest BCUT2D eigenvalue weighted by molar-refractivity contribution is -0.136. The van der Waals surface area contributed by atoms with Crippen molar-refractivity contribution in [3.8, 4) is 0 Å². The largest absolute Gasteiger partial charge is 0.369 e. The van der Waals surface area contributed by atoms with Crippen LogP contribution >= 0.6 is 0 Å². The van der Waals surface area contributed by atoms with E-state index in [9.17, 15) is 14.4 Å². The molecule has 0 aromatic heterocycles. The van der Waals surface area contributed by atoms with Crippen molar-refractivity contribution in [2.24, 2.45) is 11.7 Å². The minimum Gasteiger partial charge on any atom is -0.369 e. The molecule has 0 bridgehead atoms. The van der Waals surface area contributed by atoms with E-state index < -0.39 is 0 Å². The average Bonchev–Trinajstić information content (AvgIpc) is 2.68. The molecule has 140 valence electrons. The number of benzene rings is 1. The van der Waals surface area contributed by atoms with E-state index in [-0.39, 0.29) is 23.6 Å². The first kappa shape index (κ1) is 18.4. The van der Waals surface area contributed by atoms with Gasteiger partial charge in [-0.1, -0.05) is 18.2 Å². The van der Waals surface area contributed by atoms with E-state index in [1.165, 1.54) is 0 Å². The van der Waals surface area contributed by atoms with Crippen molar-refractivity contribution >= 4 is 17.7 Å². The molecule has 0 saturated carbocycles. The maximum atomic E-state index is 12.5. The van der Waals surface area contributed by atoms with E-state index >= 15 is 0 Å². The second kappa shape index (κ2) is 8.31. The van der Waals surface area contributed by atoms with Gasteiger partial charge in [-0.25, -0.2) is 0 Å². The molecular weight excluding hydrogens is 332 g/mol. The summed E-state index contributed by atoms with van der Waals surface area (Å²) in [5, 5.41) is 0. The molecule has 7 heteroatoms. The van der Waals surface area contributed by atoms with E-state index in [1.54, 1.807) is 4.90 Å². The van der Waals surface area contributed by atoms with Gasteiger partial charge < -0.3 is 15.5 Å². The molecule has 2 heterocycles. The Labute approximate surface area is 153 Å². The molecule has 7 nitrogen and oxygen atoms in total. The third-order valence-electron chi connectivity index (χ3n) is 5.22. The lowest BCUT2D eigenvalue weighted by atomic mass is 9.97. The van der Waals surface area contributed by atoms with Gasteiger partial charge in [-0.15, -0.1) is 0 Å². The number of rotatable bonds is 4. The van der Waals surface area contributed by atoms with Crippen molar-refractivity contribution < 1.29 is 14.4 Å². The molecule has 2 aliphatic rings. The fourth-order valence-corrected chi connectivity index (χ4v) is 3.60. The number of likely N-dealkylation sites (tertiary alicyclic amines) is 1. The quantitative estimate of drug-likeness (QED) is 0.831. The molecule has 26 heavy (non-hydrogen) atoms. The summed E-state index contributed by atoms with van der Waals surface area (Å²) < 4.78 is 0. The SMILES string of the molecule is NC(=O)[C@@H]1CCCN(C(=O)CN2CCN(C(=O)c3ccccc3)CC2)C1. The van der Waals surface area contributed by atoms with Gasteiger partial charge in [0.15, 0.2) is 0 Å². The number of carbonyl (C=O) groups excluding carboxylic acids is 3. The number of amides is 3. The number of nitrogens with two attached hydrogens (primary N) is 1. The van der Waals surface area contributed by atoms with Crippen LogP contribution in [0.4, 0.5) is 0 Å². The minimum atomic E-state index is -0.324. The molecular formula is C19H26N4O3. The Morgan fingerprint density at radius 1 is 0.962 bits per heavy atom. The van der Waals surface area contributed by atoms with Gasteiger partial charge >= 0.3 is 0 Å². The summed E-state index contributed by atoms with van der Waals surface area (Å²) >= 11 is 0. The lowest BCUT2D eigenvalue weighted by Gasteiger charge is -2.37. The van der Waals surface area contributed by atoms with Crippen LogP contribution in [0.25, 0.3) is 0 Å². The maximum absolute atomic E-state index is 12.5. The first-order valence-electron chi connectivity index (χ1n) is 9.18. The van der Waals surface area contributed by atoms with Crippen LogP contribution in [0.15, 0.2) is 30.3 Å². The van der Waals surface area contributed by atoms with Crippen LogP contribution in [0, 0.1) is 5.92 Å². The Morgan fingerprint density at radius 3 is 2.31 bits per heavy atom. The molecule has 0 unspecified atom stereocenters. The van der Waals surface area contributed by atoms with Crippen LogP contribution in [-0.2, 0) is 9.59 Å². The number of hydrogen-bond acceptors (Lipinski definition) is 4. The number of primary amides is 1. The molecule has 1 aromatic carbocycles. The van der Waals surface area contributed by atoms with E-state index in [0.717, 1.165) is 12.8 Å². The normalized spacial score (nSPS) is 21.5. The van der Waals surface area contributed by atoms with Gasteiger partial charge in [0.25, 0.3) is 5.91 Å². The highest BCUT2D eigenvalue weighted by Crippen LogP contribution is 2.16. The highest BCUT2D eigenvalue weighted by molar-refractivity contribution is 5.94. The topological polar surface area (TPSA) is 86.9 Å². The summed E-state index contributed by atoms with van der Waals surface area (Å²) in [6.07, 6.45) is 1.58. The third kappa shape index (κ3) is 4.40. The lowest BCUT2D eigenvalue weighted by Crippen LogP contribution is -2.53. The van der Waals surface area contributed by atoms with Crippen LogP contribution in [0.5, 0.6) is 0 Å². The molecule has 2 fully saturated rings. The van der Waals surface area contributed by atoms with Gasteiger partial charge in [0.2, 0.25) is 11.8 Å². The molecule has 2 aliphatic heterocycles. The van der Waals surface area contributed by atoms with Crippen LogP contribution in [0.1, 0.15) is 23.2 Å². The molecule has 0 spiro atoms. The maximum Gasteiger partial charge on any atom is 0.253 e. The van der Waals surface area contributed by atoms with E-state index in [2.05, 4.69) is 4.90 Å². The van der Waals surface area contributed by atoms with Crippen LogP contribution in [0.2, 0.25) is 0 Å². The van der Waals surface area contributed by atoms with E-state index in [1.807, 2.05) is 35.2 Å². The zero-order chi connectivity index (χ0) is 18.5. The van der Waals surface area contributed by atoms with Gasteiger partial charge in [-0.3, -0.25) is 19.3 Å². The van der Waals surface area contributed by atoms with Crippen molar-refractivity contribution in [2.45, 2.75) is 12.8 Å². The van der Waals surface area contributed by atoms with Crippen molar-refractivity contribution in [1.82, 2.24) is 14.7 Å². The zero-order valence-corrected chi connectivity index (χ0v) is 15.0. The molecule has 1 atom stereocenters. The Morgan fingerprint density at radius 2 is 1.65 bits per heavy atom. The Bertz CT molecular complexity index is 656. The monoisotopic (exact) mass is 358 g/mol. The Balaban J connectivity index is 1.47. The molecule has 3 amide bonds. The molecule has 0 radical (unpaired) electrons. The predicted octanol–water partition coefficient (Wildman–Crippen LogP) is 0.168. The summed E-state index contributed by atoms with van der Waals surface area (Å²) in [6.45, 7) is 4.04. The number of hydrogen-bond donors (Lipinski definition) is 1. The molecule has 2 N–H and O–H groups in total. The van der Waals surface area contributed by atoms with E-state index in [0.29, 0.717) is 51.4 Å². The standard InChI is InChI=1S/C19H26N4O3/c20-18(25)16-7-4-8-23(13-16)17(24)14-21-9-11-22(12-10-21)19(26)15-5-2-1-3-6-15/h1-3,5-6,16H,4,7-14H2,(H2,20,25)/t16-/m1/s1. The third-order valence-corrected chi connectivity index (χ3v) is 5.22. The van der Waals surface area contributed by atoms with Gasteiger partial charge in [-0.2, -0.15) is 0 Å². The van der Waals surface area contributed by atoms with Gasteiger partial charge in [-0.05, 0) is 25.0 Å². The predicted molar refractivity (Wildman–Crippen MR) is 97.3 cm³/mol. The van der Waals surface area contributed by atoms with Gasteiger partial charge in [0.05, 0.1) is 12.5 Å². The van der Waals surface area contributed by atoms with E-state index in [4.69, 9.17) is 5.73 Å².